The number of para-hydroxylation sites is 1. The molecule has 1 rings (SSSR count). The van der Waals surface area contributed by atoms with Crippen LogP contribution in [0.4, 0.5) is 0 Å². The first kappa shape index (κ1) is 22.2. The number of benzene rings is 1. The van der Waals surface area contributed by atoms with Crippen LogP contribution in [0.25, 0.3) is 0 Å². The van der Waals surface area contributed by atoms with Crippen molar-refractivity contribution in [1.29, 1.82) is 0 Å². The van der Waals surface area contributed by atoms with E-state index in [0.717, 1.165) is 0 Å². The highest BCUT2D eigenvalue weighted by Gasteiger charge is 2.33. The highest BCUT2D eigenvalue weighted by Crippen LogP contribution is 2.29. The predicted molar refractivity (Wildman–Crippen MR) is 104 cm³/mol. The molecule has 1 atom stereocenters. The summed E-state index contributed by atoms with van der Waals surface area (Å²) in [5.41, 5.74) is 3.98. The lowest BCUT2D eigenvalue weighted by Crippen LogP contribution is -2.40. The third kappa shape index (κ3) is 6.46. The number of rotatable bonds is 8. The molecule has 0 amide bonds. The van der Waals surface area contributed by atoms with Crippen LogP contribution in [0, 0.1) is 11.5 Å². The Bertz CT molecular complexity index is 668. The molecular weight excluding hydrogens is 350 g/mol. The summed E-state index contributed by atoms with van der Waals surface area (Å²) in [6.07, 6.45) is -0.929. The molecular formula is C19H29NO5Si. The lowest BCUT2D eigenvalue weighted by Gasteiger charge is -2.28. The molecule has 0 bridgehead atoms. The molecule has 1 aromatic carbocycles. The van der Waals surface area contributed by atoms with Gasteiger partial charge in [-0.3, -0.25) is 0 Å². The quantitative estimate of drug-likeness (QED) is 0.181. The van der Waals surface area contributed by atoms with Crippen molar-refractivity contribution in [1.82, 2.24) is 0 Å². The van der Waals surface area contributed by atoms with Gasteiger partial charge in [0.25, 0.3) is 0 Å². The van der Waals surface area contributed by atoms with Crippen LogP contribution in [0.3, 0.4) is 0 Å². The lowest BCUT2D eigenvalue weighted by molar-refractivity contribution is -0.142. The van der Waals surface area contributed by atoms with Gasteiger partial charge in [0.1, 0.15) is 26.1 Å². The van der Waals surface area contributed by atoms with Crippen molar-refractivity contribution in [3.63, 3.8) is 0 Å². The van der Waals surface area contributed by atoms with Crippen LogP contribution < -0.4 is 4.74 Å². The fourth-order valence-corrected chi connectivity index (χ4v) is 2.83. The maximum atomic E-state index is 10.6. The molecule has 0 heterocycles. The van der Waals surface area contributed by atoms with Crippen molar-refractivity contribution < 1.29 is 24.5 Å². The van der Waals surface area contributed by atoms with Crippen LogP contribution in [-0.2, 0) is 9.47 Å². The van der Waals surface area contributed by atoms with E-state index < -0.39 is 20.0 Å². The molecule has 0 radical (unpaired) electrons. The summed E-state index contributed by atoms with van der Waals surface area (Å²) in [4.78, 5) is 0. The standard InChI is InChI=1S/C19H29NO5Si/c1-19(23-2,24-3)18(20-22)14-16(21)15-10-7-8-11-17(15)25-12-9-13-26(4,5)6/h7-8,10-11,16,21-22H,12,14H2,1-6H3/b20-18+/t16-/m0/s1. The Morgan fingerprint density at radius 2 is 1.85 bits per heavy atom. The molecule has 1 aromatic rings. The zero-order chi connectivity index (χ0) is 19.8. The van der Waals surface area contributed by atoms with Gasteiger partial charge in [0.2, 0.25) is 5.79 Å². The van der Waals surface area contributed by atoms with Gasteiger partial charge in [0, 0.05) is 26.2 Å². The van der Waals surface area contributed by atoms with E-state index in [1.54, 1.807) is 25.1 Å². The summed E-state index contributed by atoms with van der Waals surface area (Å²) >= 11 is 0. The molecule has 7 heteroatoms. The first-order valence-electron chi connectivity index (χ1n) is 8.38. The molecule has 0 saturated heterocycles. The zero-order valence-corrected chi connectivity index (χ0v) is 17.4. The fourth-order valence-electron chi connectivity index (χ4n) is 2.23. The molecule has 26 heavy (non-hydrogen) atoms. The van der Waals surface area contributed by atoms with Crippen LogP contribution in [0.5, 0.6) is 5.75 Å². The Morgan fingerprint density at radius 1 is 1.23 bits per heavy atom. The van der Waals surface area contributed by atoms with Crippen molar-refractivity contribution in [2.75, 3.05) is 20.8 Å². The predicted octanol–water partition coefficient (Wildman–Crippen LogP) is 3.21. The van der Waals surface area contributed by atoms with Crippen molar-refractivity contribution in [3.05, 3.63) is 29.8 Å². The molecule has 6 nitrogen and oxygen atoms in total. The van der Waals surface area contributed by atoms with Crippen LogP contribution in [-0.4, -0.2) is 50.7 Å². The topological polar surface area (TPSA) is 80.5 Å². The van der Waals surface area contributed by atoms with Gasteiger partial charge in [0.05, 0.1) is 6.10 Å². The summed E-state index contributed by atoms with van der Waals surface area (Å²) in [5, 5.41) is 23.2. The van der Waals surface area contributed by atoms with E-state index >= 15 is 0 Å². The molecule has 0 aliphatic carbocycles. The Labute approximate surface area is 156 Å². The molecule has 0 saturated carbocycles. The number of nitrogens with zero attached hydrogens (tertiary/aromatic N) is 1. The first-order valence-corrected chi connectivity index (χ1v) is 11.9. The van der Waals surface area contributed by atoms with E-state index in [-0.39, 0.29) is 18.7 Å². The SMILES string of the molecule is COC(C)(OC)/C(C[C@H](O)c1ccccc1OCC#C[Si](C)(C)C)=N/O. The Hall–Kier alpha value is -1.85. The van der Waals surface area contributed by atoms with E-state index in [0.29, 0.717) is 11.3 Å². The number of hydrogen-bond acceptors (Lipinski definition) is 6. The minimum atomic E-state index is -1.45. The van der Waals surface area contributed by atoms with Gasteiger partial charge in [-0.15, -0.1) is 5.54 Å². The van der Waals surface area contributed by atoms with Gasteiger partial charge in [-0.05, 0) is 13.0 Å². The van der Waals surface area contributed by atoms with E-state index in [1.165, 1.54) is 14.2 Å². The monoisotopic (exact) mass is 379 g/mol. The van der Waals surface area contributed by atoms with Gasteiger partial charge in [-0.2, -0.15) is 0 Å². The minimum absolute atomic E-state index is 0.0234. The summed E-state index contributed by atoms with van der Waals surface area (Å²) < 4.78 is 16.2. The Morgan fingerprint density at radius 3 is 2.38 bits per heavy atom. The largest absolute Gasteiger partial charge is 0.481 e. The second kappa shape index (κ2) is 9.74. The van der Waals surface area contributed by atoms with E-state index in [9.17, 15) is 10.3 Å². The number of hydrogen-bond donors (Lipinski definition) is 2. The number of ether oxygens (including phenoxy) is 3. The van der Waals surface area contributed by atoms with E-state index in [2.05, 4.69) is 36.3 Å². The molecule has 0 fully saturated rings. The second-order valence-corrected chi connectivity index (χ2v) is 11.7. The molecule has 0 aromatic heterocycles. The van der Waals surface area contributed by atoms with Crippen molar-refractivity contribution in [2.24, 2.45) is 5.16 Å². The van der Waals surface area contributed by atoms with Crippen LogP contribution in [0.15, 0.2) is 29.4 Å². The Kier molecular flexibility index (Phi) is 8.31. The van der Waals surface area contributed by atoms with Gasteiger partial charge in [-0.1, -0.05) is 48.9 Å². The summed E-state index contributed by atoms with van der Waals surface area (Å²) in [6, 6.07) is 7.17. The first-order chi connectivity index (χ1) is 12.2. The third-order valence-electron chi connectivity index (χ3n) is 3.85. The maximum absolute atomic E-state index is 10.6. The number of aliphatic hydroxyl groups is 1. The summed E-state index contributed by atoms with van der Waals surface area (Å²) in [5.74, 6) is 2.35. The van der Waals surface area contributed by atoms with E-state index in [4.69, 9.17) is 14.2 Å². The van der Waals surface area contributed by atoms with Crippen molar-refractivity contribution >= 4 is 13.8 Å². The molecule has 0 spiro atoms. The molecule has 0 aliphatic rings. The lowest BCUT2D eigenvalue weighted by atomic mass is 9.99. The van der Waals surface area contributed by atoms with E-state index in [1.807, 2.05) is 6.07 Å². The Balaban J connectivity index is 2.93. The molecule has 2 N–H and O–H groups in total. The molecule has 0 unspecified atom stereocenters. The van der Waals surface area contributed by atoms with Gasteiger partial charge >= 0.3 is 0 Å². The second-order valence-electron chi connectivity index (χ2n) is 7.00. The third-order valence-corrected chi connectivity index (χ3v) is 4.78. The van der Waals surface area contributed by atoms with Gasteiger partial charge in [-0.25, -0.2) is 0 Å². The van der Waals surface area contributed by atoms with Gasteiger partial charge < -0.3 is 24.5 Å². The summed E-state index contributed by atoms with van der Waals surface area (Å²) in [7, 11) is 1.43. The normalized spacial score (nSPS) is 13.7. The van der Waals surface area contributed by atoms with Gasteiger partial charge in [0.15, 0.2) is 0 Å². The van der Waals surface area contributed by atoms with Crippen molar-refractivity contribution in [2.45, 2.75) is 44.9 Å². The number of methoxy groups -OCH3 is 2. The van der Waals surface area contributed by atoms with Crippen LogP contribution >= 0.6 is 0 Å². The van der Waals surface area contributed by atoms with Crippen LogP contribution in [0.2, 0.25) is 19.6 Å². The zero-order valence-electron chi connectivity index (χ0n) is 16.4. The molecule has 144 valence electrons. The van der Waals surface area contributed by atoms with Crippen molar-refractivity contribution in [3.8, 4) is 17.2 Å². The fraction of sp³-hybridized carbons (Fsp3) is 0.526. The highest BCUT2D eigenvalue weighted by molar-refractivity contribution is 6.83. The average Bonchev–Trinajstić information content (AvgIpc) is 2.62. The highest BCUT2D eigenvalue weighted by atomic mass is 28.3. The number of aliphatic hydroxyl groups excluding tert-OH is 1. The number of oxime groups is 1. The average molecular weight is 380 g/mol. The molecule has 0 aliphatic heterocycles. The smallest absolute Gasteiger partial charge is 0.208 e. The van der Waals surface area contributed by atoms with Crippen LogP contribution in [0.1, 0.15) is 25.0 Å². The summed E-state index contributed by atoms with van der Waals surface area (Å²) in [6.45, 7) is 8.36. The maximum Gasteiger partial charge on any atom is 0.208 e. The minimum Gasteiger partial charge on any atom is -0.481 e.